The van der Waals surface area contributed by atoms with Crippen LogP contribution < -0.4 is 10.5 Å². The summed E-state index contributed by atoms with van der Waals surface area (Å²) < 4.78 is 1.53. The number of hydrogen-bond acceptors (Lipinski definition) is 5. The summed E-state index contributed by atoms with van der Waals surface area (Å²) in [6, 6.07) is 10.1. The Morgan fingerprint density at radius 1 is 1.21 bits per heavy atom. The third-order valence-corrected chi connectivity index (χ3v) is 6.11. The number of carbonyl (C=O) groups excluding carboxylic acids is 1. The van der Waals surface area contributed by atoms with Crippen LogP contribution in [0.3, 0.4) is 0 Å². The number of para-hydroxylation sites is 1. The van der Waals surface area contributed by atoms with Crippen molar-refractivity contribution in [2.75, 3.05) is 25.0 Å². The van der Waals surface area contributed by atoms with Crippen molar-refractivity contribution < 1.29 is 4.79 Å². The van der Waals surface area contributed by atoms with Crippen LogP contribution in [0.5, 0.6) is 0 Å². The summed E-state index contributed by atoms with van der Waals surface area (Å²) >= 11 is 1.45. The van der Waals surface area contributed by atoms with Crippen molar-refractivity contribution in [3.63, 3.8) is 0 Å². The summed E-state index contributed by atoms with van der Waals surface area (Å²) in [6.45, 7) is 3.07. The molecule has 1 aliphatic rings. The molecule has 0 saturated carbocycles. The molecular weight excluding hydrogens is 372 g/mol. The van der Waals surface area contributed by atoms with E-state index < -0.39 is 0 Å². The summed E-state index contributed by atoms with van der Waals surface area (Å²) in [5.41, 5.74) is 2.31. The molecule has 1 aromatic carbocycles. The van der Waals surface area contributed by atoms with Gasteiger partial charge in [-0.15, -0.1) is 11.3 Å². The minimum Gasteiger partial charge on any atom is -0.371 e. The van der Waals surface area contributed by atoms with E-state index in [4.69, 9.17) is 0 Å². The first-order valence-electron chi connectivity index (χ1n) is 9.63. The molecule has 3 heterocycles. The second kappa shape index (κ2) is 8.14. The van der Waals surface area contributed by atoms with E-state index in [0.717, 1.165) is 17.9 Å². The fourth-order valence-corrected chi connectivity index (χ4v) is 4.44. The van der Waals surface area contributed by atoms with Crippen LogP contribution in [0.2, 0.25) is 0 Å². The van der Waals surface area contributed by atoms with Crippen LogP contribution >= 0.6 is 11.3 Å². The maximum absolute atomic E-state index is 12.7. The number of hydrogen-bond donors (Lipinski definition) is 0. The zero-order chi connectivity index (χ0) is 19.5. The molecule has 2 aromatic heterocycles. The number of aromatic nitrogens is 2. The predicted octanol–water partition coefficient (Wildman–Crippen LogP) is 3.11. The molecule has 0 N–H and O–H groups in total. The van der Waals surface area contributed by atoms with Gasteiger partial charge in [-0.25, -0.2) is 4.98 Å². The van der Waals surface area contributed by atoms with Gasteiger partial charge in [0.1, 0.15) is 4.83 Å². The van der Waals surface area contributed by atoms with Crippen LogP contribution in [-0.4, -0.2) is 40.5 Å². The minimum atomic E-state index is -0.0823. The van der Waals surface area contributed by atoms with E-state index >= 15 is 0 Å². The molecule has 1 saturated heterocycles. The van der Waals surface area contributed by atoms with E-state index in [1.807, 2.05) is 18.5 Å². The first-order chi connectivity index (χ1) is 13.6. The topological polar surface area (TPSA) is 58.4 Å². The summed E-state index contributed by atoms with van der Waals surface area (Å²) in [7, 11) is 1.83. The number of amides is 1. The fraction of sp³-hybridized carbons (Fsp3) is 0.381. The Labute approximate surface area is 168 Å². The van der Waals surface area contributed by atoms with E-state index in [2.05, 4.69) is 28.1 Å². The normalized spacial score (nSPS) is 14.0. The van der Waals surface area contributed by atoms with Gasteiger partial charge in [0.15, 0.2) is 0 Å². The number of aryl methyl sites for hydroxylation is 1. The van der Waals surface area contributed by atoms with Gasteiger partial charge in [-0.05, 0) is 35.9 Å². The second-order valence-electron chi connectivity index (χ2n) is 7.21. The van der Waals surface area contributed by atoms with E-state index in [1.54, 1.807) is 11.0 Å². The zero-order valence-electron chi connectivity index (χ0n) is 16.0. The number of nitrogens with zero attached hydrogens (tertiary/aromatic N) is 4. The van der Waals surface area contributed by atoms with Crippen LogP contribution in [0.4, 0.5) is 5.69 Å². The van der Waals surface area contributed by atoms with E-state index in [1.165, 1.54) is 46.3 Å². The molecule has 0 radical (unpaired) electrons. The first kappa shape index (κ1) is 18.7. The highest BCUT2D eigenvalue weighted by Gasteiger charge is 2.18. The van der Waals surface area contributed by atoms with Gasteiger partial charge in [-0.2, -0.15) is 0 Å². The van der Waals surface area contributed by atoms with Gasteiger partial charge in [0, 0.05) is 45.3 Å². The average molecular weight is 397 g/mol. The van der Waals surface area contributed by atoms with Crippen LogP contribution in [0.25, 0.3) is 10.2 Å². The van der Waals surface area contributed by atoms with E-state index in [-0.39, 0.29) is 17.9 Å². The van der Waals surface area contributed by atoms with Gasteiger partial charge in [0.05, 0.1) is 11.7 Å². The summed E-state index contributed by atoms with van der Waals surface area (Å²) in [5.74, 6) is 0.0218. The Balaban J connectivity index is 1.41. The predicted molar refractivity (Wildman–Crippen MR) is 113 cm³/mol. The Kier molecular flexibility index (Phi) is 5.43. The summed E-state index contributed by atoms with van der Waals surface area (Å²) in [5, 5.41) is 2.48. The number of anilines is 1. The summed E-state index contributed by atoms with van der Waals surface area (Å²) in [6.07, 6.45) is 4.26. The second-order valence-corrected chi connectivity index (χ2v) is 8.10. The zero-order valence-corrected chi connectivity index (χ0v) is 16.8. The highest BCUT2D eigenvalue weighted by atomic mass is 32.1. The molecule has 4 rings (SSSR count). The molecule has 0 bridgehead atoms. The molecule has 0 aliphatic carbocycles. The van der Waals surface area contributed by atoms with Gasteiger partial charge in [0.2, 0.25) is 5.91 Å². The van der Waals surface area contributed by atoms with Crippen molar-refractivity contribution in [2.45, 2.75) is 32.4 Å². The largest absolute Gasteiger partial charge is 0.371 e. The number of rotatable bonds is 6. The molecule has 1 fully saturated rings. The molecule has 0 spiro atoms. The van der Waals surface area contributed by atoms with Crippen LogP contribution in [0.15, 0.2) is 46.8 Å². The number of benzene rings is 1. The standard InChI is InChI=1S/C21H24N4O2S/c1-23(14-16-6-2-3-7-18(16)24-10-4-5-11-24)19(26)8-12-25-15-22-20-17(21(25)27)9-13-28-20/h2-3,6-7,9,13,15H,4-5,8,10-12,14H2,1H3. The lowest BCUT2D eigenvalue weighted by atomic mass is 10.1. The Hall–Kier alpha value is -2.67. The maximum atomic E-state index is 12.7. The molecule has 146 valence electrons. The highest BCUT2D eigenvalue weighted by molar-refractivity contribution is 7.16. The molecule has 1 amide bonds. The first-order valence-corrected chi connectivity index (χ1v) is 10.5. The molecule has 3 aromatic rings. The van der Waals surface area contributed by atoms with Crippen molar-refractivity contribution in [2.24, 2.45) is 0 Å². The van der Waals surface area contributed by atoms with Crippen LogP contribution in [-0.2, 0) is 17.9 Å². The Bertz CT molecular complexity index is 1040. The lowest BCUT2D eigenvalue weighted by Gasteiger charge is -2.24. The van der Waals surface area contributed by atoms with E-state index in [9.17, 15) is 9.59 Å². The molecule has 0 unspecified atom stereocenters. The monoisotopic (exact) mass is 396 g/mol. The summed E-state index contributed by atoms with van der Waals surface area (Å²) in [4.78, 5) is 34.3. The van der Waals surface area contributed by atoms with Crippen LogP contribution in [0.1, 0.15) is 24.8 Å². The highest BCUT2D eigenvalue weighted by Crippen LogP contribution is 2.25. The lowest BCUT2D eigenvalue weighted by Crippen LogP contribution is -2.30. The van der Waals surface area contributed by atoms with Crippen molar-refractivity contribution in [3.8, 4) is 0 Å². The van der Waals surface area contributed by atoms with Gasteiger partial charge in [-0.1, -0.05) is 18.2 Å². The van der Waals surface area contributed by atoms with Crippen molar-refractivity contribution in [3.05, 3.63) is 58.0 Å². The van der Waals surface area contributed by atoms with Gasteiger partial charge < -0.3 is 9.80 Å². The molecule has 1 aliphatic heterocycles. The van der Waals surface area contributed by atoms with Crippen molar-refractivity contribution in [1.82, 2.24) is 14.5 Å². The number of carbonyl (C=O) groups is 1. The van der Waals surface area contributed by atoms with E-state index in [0.29, 0.717) is 18.5 Å². The van der Waals surface area contributed by atoms with Gasteiger partial charge in [0.25, 0.3) is 5.56 Å². The Morgan fingerprint density at radius 2 is 2.00 bits per heavy atom. The minimum absolute atomic E-state index is 0.0218. The maximum Gasteiger partial charge on any atom is 0.262 e. The molecule has 0 atom stereocenters. The quantitative estimate of drug-likeness (QED) is 0.642. The average Bonchev–Trinajstić information content (AvgIpc) is 3.40. The van der Waals surface area contributed by atoms with Gasteiger partial charge >= 0.3 is 0 Å². The third kappa shape index (κ3) is 3.80. The molecule has 7 heteroatoms. The van der Waals surface area contributed by atoms with Crippen molar-refractivity contribution in [1.29, 1.82) is 0 Å². The SMILES string of the molecule is CN(Cc1ccccc1N1CCCC1)C(=O)CCn1cnc2sccc2c1=O. The fourth-order valence-electron chi connectivity index (χ4n) is 3.71. The molecular formula is C21H24N4O2S. The smallest absolute Gasteiger partial charge is 0.262 e. The molecule has 6 nitrogen and oxygen atoms in total. The van der Waals surface area contributed by atoms with Crippen molar-refractivity contribution >= 4 is 33.1 Å². The number of thiophene rings is 1. The third-order valence-electron chi connectivity index (χ3n) is 5.29. The lowest BCUT2D eigenvalue weighted by molar-refractivity contribution is -0.130. The Morgan fingerprint density at radius 3 is 2.82 bits per heavy atom. The van der Waals surface area contributed by atoms with Gasteiger partial charge in [-0.3, -0.25) is 14.2 Å². The molecule has 28 heavy (non-hydrogen) atoms. The number of fused-ring (bicyclic) bond motifs is 1. The van der Waals surface area contributed by atoms with Crippen LogP contribution in [0, 0.1) is 0 Å².